The van der Waals surface area contributed by atoms with Gasteiger partial charge in [0.2, 0.25) is 0 Å². The van der Waals surface area contributed by atoms with Gasteiger partial charge in [0.25, 0.3) is 0 Å². The van der Waals surface area contributed by atoms with Gasteiger partial charge in [-0.15, -0.1) is 0 Å². The molecule has 2 unspecified atom stereocenters. The molecule has 1 N–H and O–H groups in total. The predicted molar refractivity (Wildman–Crippen MR) is 50.7 cm³/mol. The van der Waals surface area contributed by atoms with Crippen molar-refractivity contribution in [3.05, 3.63) is 0 Å². The highest BCUT2D eigenvalue weighted by atomic mass is 16.6. The molecule has 0 amide bonds. The van der Waals surface area contributed by atoms with Crippen LogP contribution < -0.4 is 5.48 Å². The summed E-state index contributed by atoms with van der Waals surface area (Å²) in [4.78, 5) is 4.97. The zero-order chi connectivity index (χ0) is 9.19. The van der Waals surface area contributed by atoms with Crippen molar-refractivity contribution in [2.75, 3.05) is 7.11 Å². The molecule has 0 spiro atoms. The van der Waals surface area contributed by atoms with Crippen LogP contribution in [0.1, 0.15) is 40.0 Å². The summed E-state index contributed by atoms with van der Waals surface area (Å²) in [6, 6.07) is 0.550. The maximum Gasteiger partial charge on any atom is 0.0572 e. The first-order chi connectivity index (χ1) is 5.53. The van der Waals surface area contributed by atoms with Gasteiger partial charge in [-0.3, -0.25) is 0 Å². The van der Waals surface area contributed by atoms with Crippen molar-refractivity contribution in [2.24, 2.45) is 11.3 Å². The van der Waals surface area contributed by atoms with Crippen LogP contribution in [0, 0.1) is 11.3 Å². The first-order valence-corrected chi connectivity index (χ1v) is 4.82. The maximum absolute atomic E-state index is 4.97. The average molecular weight is 171 g/mol. The quantitative estimate of drug-likeness (QED) is 0.644. The summed E-state index contributed by atoms with van der Waals surface area (Å²) in [5.74, 6) is 0.821. The molecule has 0 saturated heterocycles. The Morgan fingerprint density at radius 2 is 2.00 bits per heavy atom. The Morgan fingerprint density at radius 3 is 2.50 bits per heavy atom. The van der Waals surface area contributed by atoms with Crippen molar-refractivity contribution >= 4 is 0 Å². The summed E-state index contributed by atoms with van der Waals surface area (Å²) in [5, 5.41) is 0. The summed E-state index contributed by atoms with van der Waals surface area (Å²) in [6.45, 7) is 7.01. The van der Waals surface area contributed by atoms with E-state index in [4.69, 9.17) is 4.84 Å². The fourth-order valence-electron chi connectivity index (χ4n) is 2.60. The van der Waals surface area contributed by atoms with Gasteiger partial charge in [-0.05, 0) is 30.6 Å². The normalized spacial score (nSPS) is 35.0. The van der Waals surface area contributed by atoms with Crippen LogP contribution in [0.2, 0.25) is 0 Å². The topological polar surface area (TPSA) is 21.3 Å². The molecule has 12 heavy (non-hydrogen) atoms. The lowest BCUT2D eigenvalue weighted by molar-refractivity contribution is 0.0162. The van der Waals surface area contributed by atoms with E-state index in [0.29, 0.717) is 11.5 Å². The van der Waals surface area contributed by atoms with Crippen molar-refractivity contribution in [3.63, 3.8) is 0 Å². The molecule has 1 fully saturated rings. The second kappa shape index (κ2) is 3.75. The molecule has 0 bridgehead atoms. The molecule has 0 aromatic heterocycles. The first kappa shape index (κ1) is 10.0. The molecular weight excluding hydrogens is 150 g/mol. The summed E-state index contributed by atoms with van der Waals surface area (Å²) >= 11 is 0. The monoisotopic (exact) mass is 171 g/mol. The van der Waals surface area contributed by atoms with Crippen LogP contribution >= 0.6 is 0 Å². The number of hydrogen-bond donors (Lipinski definition) is 1. The average Bonchev–Trinajstić information content (AvgIpc) is 1.82. The lowest BCUT2D eigenvalue weighted by Crippen LogP contribution is -2.39. The van der Waals surface area contributed by atoms with Gasteiger partial charge in [0.05, 0.1) is 7.11 Å². The third kappa shape index (κ3) is 2.76. The van der Waals surface area contributed by atoms with E-state index >= 15 is 0 Å². The van der Waals surface area contributed by atoms with Crippen LogP contribution in [0.25, 0.3) is 0 Å². The zero-order valence-corrected chi connectivity index (χ0v) is 8.68. The van der Waals surface area contributed by atoms with Gasteiger partial charge in [-0.1, -0.05) is 20.8 Å². The summed E-state index contributed by atoms with van der Waals surface area (Å²) in [5.41, 5.74) is 3.55. The van der Waals surface area contributed by atoms with Gasteiger partial charge in [0.15, 0.2) is 0 Å². The highest BCUT2D eigenvalue weighted by Gasteiger charge is 2.31. The van der Waals surface area contributed by atoms with E-state index in [1.165, 1.54) is 19.3 Å². The van der Waals surface area contributed by atoms with Gasteiger partial charge in [-0.2, -0.15) is 5.48 Å². The van der Waals surface area contributed by atoms with E-state index in [1.807, 2.05) is 0 Å². The minimum atomic E-state index is 0.480. The zero-order valence-electron chi connectivity index (χ0n) is 8.68. The smallest absolute Gasteiger partial charge is 0.0572 e. The minimum absolute atomic E-state index is 0.480. The van der Waals surface area contributed by atoms with Crippen LogP contribution in [-0.4, -0.2) is 13.2 Å². The number of nitrogens with one attached hydrogen (secondary N) is 1. The summed E-state index contributed by atoms with van der Waals surface area (Å²) in [7, 11) is 1.70. The first-order valence-electron chi connectivity index (χ1n) is 4.82. The summed E-state index contributed by atoms with van der Waals surface area (Å²) < 4.78 is 0. The second-order valence-electron chi connectivity index (χ2n) is 4.93. The number of hydroxylamine groups is 1. The fraction of sp³-hybridized carbons (Fsp3) is 1.00. The molecule has 72 valence electrons. The molecule has 2 heteroatoms. The van der Waals surface area contributed by atoms with Crippen LogP contribution in [0.15, 0.2) is 0 Å². The van der Waals surface area contributed by atoms with E-state index in [9.17, 15) is 0 Å². The Balaban J connectivity index is 2.46. The SMILES string of the molecule is CONC1CC(C)CC(C)(C)C1. The Kier molecular flexibility index (Phi) is 3.13. The van der Waals surface area contributed by atoms with E-state index in [-0.39, 0.29) is 0 Å². The molecule has 0 aliphatic heterocycles. The van der Waals surface area contributed by atoms with E-state index in [0.717, 1.165) is 5.92 Å². The molecule has 1 aliphatic carbocycles. The fourth-order valence-corrected chi connectivity index (χ4v) is 2.60. The third-order valence-electron chi connectivity index (χ3n) is 2.67. The standard InChI is InChI=1S/C10H21NO/c1-8-5-9(11-12-4)7-10(2,3)6-8/h8-9,11H,5-7H2,1-4H3. The van der Waals surface area contributed by atoms with Crippen LogP contribution in [0.4, 0.5) is 0 Å². The minimum Gasteiger partial charge on any atom is -0.305 e. The van der Waals surface area contributed by atoms with Gasteiger partial charge >= 0.3 is 0 Å². The number of rotatable bonds is 2. The molecule has 0 aromatic rings. The summed E-state index contributed by atoms with van der Waals surface area (Å²) in [6.07, 6.45) is 3.82. The molecule has 2 nitrogen and oxygen atoms in total. The second-order valence-corrected chi connectivity index (χ2v) is 4.93. The highest BCUT2D eigenvalue weighted by Crippen LogP contribution is 2.38. The van der Waals surface area contributed by atoms with Gasteiger partial charge < -0.3 is 4.84 Å². The van der Waals surface area contributed by atoms with Crippen molar-refractivity contribution in [3.8, 4) is 0 Å². The largest absolute Gasteiger partial charge is 0.305 e. The predicted octanol–water partition coefficient (Wildman–Crippen LogP) is 2.35. The van der Waals surface area contributed by atoms with Crippen molar-refractivity contribution in [1.82, 2.24) is 5.48 Å². The Morgan fingerprint density at radius 1 is 1.33 bits per heavy atom. The van der Waals surface area contributed by atoms with Gasteiger partial charge in [0.1, 0.15) is 0 Å². The Labute approximate surface area is 75.6 Å². The van der Waals surface area contributed by atoms with Crippen molar-refractivity contribution in [2.45, 2.75) is 46.1 Å². The molecule has 2 atom stereocenters. The molecule has 1 saturated carbocycles. The van der Waals surface area contributed by atoms with E-state index < -0.39 is 0 Å². The van der Waals surface area contributed by atoms with Crippen molar-refractivity contribution in [1.29, 1.82) is 0 Å². The Bertz CT molecular complexity index is 145. The van der Waals surface area contributed by atoms with Gasteiger partial charge in [0, 0.05) is 6.04 Å². The number of hydrogen-bond acceptors (Lipinski definition) is 2. The van der Waals surface area contributed by atoms with Crippen LogP contribution in [-0.2, 0) is 4.84 Å². The van der Waals surface area contributed by atoms with Crippen LogP contribution in [0.3, 0.4) is 0 Å². The van der Waals surface area contributed by atoms with Crippen molar-refractivity contribution < 1.29 is 4.84 Å². The molecule has 0 heterocycles. The maximum atomic E-state index is 4.97. The molecule has 0 aromatic carbocycles. The molecule has 0 radical (unpaired) electrons. The lowest BCUT2D eigenvalue weighted by Gasteiger charge is -2.38. The lowest BCUT2D eigenvalue weighted by atomic mass is 9.71. The van der Waals surface area contributed by atoms with Crippen LogP contribution in [0.5, 0.6) is 0 Å². The molecule has 1 aliphatic rings. The highest BCUT2D eigenvalue weighted by molar-refractivity contribution is 4.84. The molecule has 1 rings (SSSR count). The molecular formula is C10H21NO. The van der Waals surface area contributed by atoms with E-state index in [2.05, 4.69) is 26.3 Å². The third-order valence-corrected chi connectivity index (χ3v) is 2.67. The Hall–Kier alpha value is -0.0800. The van der Waals surface area contributed by atoms with E-state index in [1.54, 1.807) is 7.11 Å². The van der Waals surface area contributed by atoms with Gasteiger partial charge in [-0.25, -0.2) is 0 Å².